The molecular formula is C11H12Cl2N4. The van der Waals surface area contributed by atoms with Gasteiger partial charge in [0.15, 0.2) is 5.82 Å². The predicted molar refractivity (Wildman–Crippen MR) is 68.2 cm³/mol. The van der Waals surface area contributed by atoms with Crippen LogP contribution >= 0.6 is 23.2 Å². The van der Waals surface area contributed by atoms with Gasteiger partial charge in [0.05, 0.1) is 12.6 Å². The van der Waals surface area contributed by atoms with Crippen LogP contribution in [0.2, 0.25) is 10.0 Å². The van der Waals surface area contributed by atoms with E-state index in [1.54, 1.807) is 23.1 Å². The van der Waals surface area contributed by atoms with Crippen molar-refractivity contribution >= 4 is 23.2 Å². The van der Waals surface area contributed by atoms with Crippen LogP contribution in [0.25, 0.3) is 0 Å². The largest absolute Gasteiger partial charge is 0.321 e. The number of halogens is 2. The number of hydrogen-bond donors (Lipinski definition) is 1. The molecular weight excluding hydrogens is 259 g/mol. The van der Waals surface area contributed by atoms with E-state index in [1.165, 1.54) is 0 Å². The first-order valence-corrected chi connectivity index (χ1v) is 5.90. The molecule has 1 heterocycles. The summed E-state index contributed by atoms with van der Waals surface area (Å²) in [6.45, 7) is 2.39. The molecule has 0 aliphatic rings. The summed E-state index contributed by atoms with van der Waals surface area (Å²) in [6.07, 6.45) is 1.64. The number of benzene rings is 1. The van der Waals surface area contributed by atoms with Gasteiger partial charge in [-0.3, -0.25) is 0 Å². The highest BCUT2D eigenvalue weighted by molar-refractivity contribution is 6.35. The zero-order valence-electron chi connectivity index (χ0n) is 9.27. The highest BCUT2D eigenvalue weighted by atomic mass is 35.5. The third-order valence-corrected chi connectivity index (χ3v) is 2.90. The molecule has 0 spiro atoms. The van der Waals surface area contributed by atoms with E-state index in [2.05, 4.69) is 10.1 Å². The van der Waals surface area contributed by atoms with Gasteiger partial charge in [0, 0.05) is 10.0 Å². The molecule has 1 atom stereocenters. The maximum Gasteiger partial charge on any atom is 0.166 e. The highest BCUT2D eigenvalue weighted by Gasteiger charge is 2.07. The lowest BCUT2D eigenvalue weighted by atomic mass is 10.2. The van der Waals surface area contributed by atoms with E-state index in [9.17, 15) is 0 Å². The van der Waals surface area contributed by atoms with Gasteiger partial charge in [0.1, 0.15) is 6.33 Å². The Hall–Kier alpha value is -1.10. The van der Waals surface area contributed by atoms with Crippen molar-refractivity contribution in [2.24, 2.45) is 5.73 Å². The molecule has 0 saturated carbocycles. The fraction of sp³-hybridized carbons (Fsp3) is 0.273. The van der Waals surface area contributed by atoms with Crippen LogP contribution in [0, 0.1) is 0 Å². The van der Waals surface area contributed by atoms with Crippen LogP contribution in [-0.4, -0.2) is 14.8 Å². The zero-order valence-corrected chi connectivity index (χ0v) is 10.8. The van der Waals surface area contributed by atoms with Gasteiger partial charge >= 0.3 is 0 Å². The molecule has 0 saturated heterocycles. The third kappa shape index (κ3) is 2.97. The van der Waals surface area contributed by atoms with Gasteiger partial charge in [-0.05, 0) is 24.6 Å². The average molecular weight is 271 g/mol. The number of aromatic nitrogens is 3. The maximum absolute atomic E-state index is 6.08. The number of rotatable bonds is 3. The molecule has 2 N–H and O–H groups in total. The van der Waals surface area contributed by atoms with Gasteiger partial charge < -0.3 is 5.73 Å². The first kappa shape index (κ1) is 12.4. The Morgan fingerprint density at radius 3 is 2.76 bits per heavy atom. The van der Waals surface area contributed by atoms with E-state index >= 15 is 0 Å². The van der Waals surface area contributed by atoms with E-state index < -0.39 is 0 Å². The second-order valence-electron chi connectivity index (χ2n) is 3.82. The quantitative estimate of drug-likeness (QED) is 0.933. The summed E-state index contributed by atoms with van der Waals surface area (Å²) in [5.41, 5.74) is 6.63. The predicted octanol–water partition coefficient (Wildman–Crippen LogP) is 2.65. The van der Waals surface area contributed by atoms with Crippen molar-refractivity contribution in [2.45, 2.75) is 19.5 Å². The monoisotopic (exact) mass is 270 g/mol. The molecule has 0 aliphatic heterocycles. The fourth-order valence-corrected chi connectivity index (χ4v) is 1.89. The van der Waals surface area contributed by atoms with E-state index in [4.69, 9.17) is 28.9 Å². The molecule has 17 heavy (non-hydrogen) atoms. The molecule has 90 valence electrons. The Morgan fingerprint density at radius 1 is 1.41 bits per heavy atom. The van der Waals surface area contributed by atoms with Crippen LogP contribution in [0.4, 0.5) is 0 Å². The van der Waals surface area contributed by atoms with Gasteiger partial charge in [-0.25, -0.2) is 9.67 Å². The van der Waals surface area contributed by atoms with Crippen LogP contribution in [-0.2, 0) is 6.54 Å². The number of nitrogens with zero attached hydrogens (tertiary/aromatic N) is 3. The Kier molecular flexibility index (Phi) is 3.66. The van der Waals surface area contributed by atoms with Crippen LogP contribution < -0.4 is 5.73 Å². The second kappa shape index (κ2) is 5.04. The summed E-state index contributed by atoms with van der Waals surface area (Å²) < 4.78 is 1.70. The van der Waals surface area contributed by atoms with Crippen molar-refractivity contribution in [1.82, 2.24) is 14.8 Å². The van der Waals surface area contributed by atoms with Crippen molar-refractivity contribution in [1.29, 1.82) is 0 Å². The third-order valence-electron chi connectivity index (χ3n) is 2.31. The minimum atomic E-state index is -0.170. The van der Waals surface area contributed by atoms with E-state index in [0.717, 1.165) is 5.56 Å². The molecule has 0 aliphatic carbocycles. The van der Waals surface area contributed by atoms with Crippen LogP contribution in [0.15, 0.2) is 24.5 Å². The Bertz CT molecular complexity index is 522. The summed E-state index contributed by atoms with van der Waals surface area (Å²) in [7, 11) is 0. The van der Waals surface area contributed by atoms with Gasteiger partial charge in [-0.15, -0.1) is 0 Å². The second-order valence-corrected chi connectivity index (χ2v) is 4.67. The van der Waals surface area contributed by atoms with Crippen LogP contribution in [0.3, 0.4) is 0 Å². The Balaban J connectivity index is 2.19. The van der Waals surface area contributed by atoms with Crippen molar-refractivity contribution in [3.63, 3.8) is 0 Å². The molecule has 1 aromatic heterocycles. The van der Waals surface area contributed by atoms with E-state index in [-0.39, 0.29) is 6.04 Å². The number of nitrogens with two attached hydrogens (primary N) is 1. The van der Waals surface area contributed by atoms with E-state index in [1.807, 2.05) is 13.0 Å². The summed E-state index contributed by atoms with van der Waals surface area (Å²) in [5.74, 6) is 0.620. The summed E-state index contributed by atoms with van der Waals surface area (Å²) >= 11 is 11.9. The smallest absolute Gasteiger partial charge is 0.166 e. The standard InChI is InChI=1S/C11H12Cl2N4/c1-7(14)11-15-6-17(16-11)5-8-2-3-9(12)4-10(8)13/h2-4,6-7H,5,14H2,1H3. The highest BCUT2D eigenvalue weighted by Crippen LogP contribution is 2.21. The zero-order chi connectivity index (χ0) is 12.4. The van der Waals surface area contributed by atoms with Crippen LogP contribution in [0.5, 0.6) is 0 Å². The lowest BCUT2D eigenvalue weighted by Crippen LogP contribution is -2.08. The molecule has 0 amide bonds. The van der Waals surface area contributed by atoms with Gasteiger partial charge in [0.2, 0.25) is 0 Å². The molecule has 6 heteroatoms. The minimum absolute atomic E-state index is 0.170. The topological polar surface area (TPSA) is 56.7 Å². The van der Waals surface area contributed by atoms with Crippen LogP contribution in [0.1, 0.15) is 24.4 Å². The Morgan fingerprint density at radius 2 is 2.18 bits per heavy atom. The maximum atomic E-state index is 6.08. The fourth-order valence-electron chi connectivity index (χ4n) is 1.42. The Labute approximate surface area is 109 Å². The molecule has 1 aromatic carbocycles. The summed E-state index contributed by atoms with van der Waals surface area (Å²) in [5, 5.41) is 5.50. The molecule has 2 rings (SSSR count). The van der Waals surface area contributed by atoms with Crippen molar-refractivity contribution in [3.05, 3.63) is 46.0 Å². The molecule has 0 radical (unpaired) electrons. The van der Waals surface area contributed by atoms with Gasteiger partial charge in [-0.1, -0.05) is 29.3 Å². The molecule has 0 fully saturated rings. The lowest BCUT2D eigenvalue weighted by Gasteiger charge is -2.04. The number of hydrogen-bond acceptors (Lipinski definition) is 3. The minimum Gasteiger partial charge on any atom is -0.321 e. The van der Waals surface area contributed by atoms with Crippen molar-refractivity contribution in [2.75, 3.05) is 0 Å². The molecule has 4 nitrogen and oxygen atoms in total. The summed E-state index contributed by atoms with van der Waals surface area (Å²) in [4.78, 5) is 4.12. The molecule has 1 unspecified atom stereocenters. The van der Waals surface area contributed by atoms with Gasteiger partial charge in [-0.2, -0.15) is 5.10 Å². The lowest BCUT2D eigenvalue weighted by molar-refractivity contribution is 0.649. The van der Waals surface area contributed by atoms with Gasteiger partial charge in [0.25, 0.3) is 0 Å². The average Bonchev–Trinajstić information content (AvgIpc) is 2.71. The van der Waals surface area contributed by atoms with Crippen molar-refractivity contribution in [3.8, 4) is 0 Å². The molecule has 2 aromatic rings. The SMILES string of the molecule is CC(N)c1ncn(Cc2ccc(Cl)cc2Cl)n1. The normalized spacial score (nSPS) is 12.7. The first-order chi connectivity index (χ1) is 8.06. The summed E-state index contributed by atoms with van der Waals surface area (Å²) in [6, 6.07) is 5.21. The first-order valence-electron chi connectivity index (χ1n) is 5.15. The van der Waals surface area contributed by atoms with E-state index in [0.29, 0.717) is 22.4 Å². The van der Waals surface area contributed by atoms with Crippen molar-refractivity contribution < 1.29 is 0 Å². The molecule has 0 bridgehead atoms.